The van der Waals surface area contributed by atoms with Gasteiger partial charge in [0, 0.05) is 56.8 Å². The van der Waals surface area contributed by atoms with E-state index in [-0.39, 0.29) is 17.9 Å². The number of aromatic nitrogens is 3. The quantitative estimate of drug-likeness (QED) is 0.460. The smallest absolute Gasteiger partial charge is 0.475 e. The molecule has 0 aliphatic carbocycles. The lowest BCUT2D eigenvalue weighted by atomic mass is 9.90. The minimum atomic E-state index is -5.08. The van der Waals surface area contributed by atoms with Gasteiger partial charge in [0.1, 0.15) is 0 Å². The normalized spacial score (nSPS) is 20.5. The van der Waals surface area contributed by atoms with Crippen molar-refractivity contribution in [1.29, 1.82) is 0 Å². The van der Waals surface area contributed by atoms with Crippen molar-refractivity contribution >= 4 is 23.7 Å². The second kappa shape index (κ2) is 13.8. The number of carboxylic acid groups (broad SMARTS) is 2. The number of fused-ring (bicyclic) bond motifs is 1. The van der Waals surface area contributed by atoms with Gasteiger partial charge >= 0.3 is 24.3 Å². The van der Waals surface area contributed by atoms with Crippen LogP contribution in [0.2, 0.25) is 0 Å². The molecule has 0 radical (unpaired) electrons. The summed E-state index contributed by atoms with van der Waals surface area (Å²) in [6.07, 6.45) is -1.09. The molecule has 4 rings (SSSR count). The molecule has 1 amide bonds. The van der Waals surface area contributed by atoms with Gasteiger partial charge < -0.3 is 20.3 Å². The third-order valence-corrected chi connectivity index (χ3v) is 5.41. The zero-order chi connectivity index (χ0) is 29.2. The highest BCUT2D eigenvalue weighted by molar-refractivity contribution is 5.89. The first-order valence-electron chi connectivity index (χ1n) is 11.1. The number of anilines is 1. The third-order valence-electron chi connectivity index (χ3n) is 5.41. The summed E-state index contributed by atoms with van der Waals surface area (Å²) in [4.78, 5) is 44.7. The molecule has 39 heavy (non-hydrogen) atoms. The Kier molecular flexibility index (Phi) is 11.1. The minimum absolute atomic E-state index is 0.0274. The van der Waals surface area contributed by atoms with Crippen molar-refractivity contribution in [2.75, 3.05) is 25.0 Å². The van der Waals surface area contributed by atoms with Crippen LogP contribution in [0.1, 0.15) is 12.0 Å². The highest BCUT2D eigenvalue weighted by atomic mass is 19.4. The fraction of sp³-hybridized carbons (Fsp3) is 0.455. The summed E-state index contributed by atoms with van der Waals surface area (Å²) in [6, 6.07) is 4.05. The maximum atomic E-state index is 12.3. The molecule has 2 aromatic heterocycles. The number of rotatable bonds is 5. The lowest BCUT2D eigenvalue weighted by Crippen LogP contribution is -2.26. The van der Waals surface area contributed by atoms with Crippen molar-refractivity contribution in [3.8, 4) is 0 Å². The Labute approximate surface area is 216 Å². The minimum Gasteiger partial charge on any atom is -0.475 e. The molecular weight excluding hydrogens is 544 g/mol. The van der Waals surface area contributed by atoms with Crippen molar-refractivity contribution < 1.29 is 55.7 Å². The predicted octanol–water partition coefficient (Wildman–Crippen LogP) is 2.61. The summed E-state index contributed by atoms with van der Waals surface area (Å²) in [5, 5.41) is 17.1. The summed E-state index contributed by atoms with van der Waals surface area (Å²) < 4.78 is 69.4. The van der Waals surface area contributed by atoms with Crippen molar-refractivity contribution in [2.45, 2.75) is 31.4 Å². The van der Waals surface area contributed by atoms with Crippen LogP contribution < -0.4 is 5.32 Å². The van der Waals surface area contributed by atoms with E-state index in [4.69, 9.17) is 24.5 Å². The Hall–Kier alpha value is -3.86. The topological polar surface area (TPSA) is 155 Å². The highest BCUT2D eigenvalue weighted by Gasteiger charge is 2.44. The van der Waals surface area contributed by atoms with E-state index in [1.165, 1.54) is 5.56 Å². The monoisotopic (exact) mass is 567 g/mol. The highest BCUT2D eigenvalue weighted by Crippen LogP contribution is 2.36. The van der Waals surface area contributed by atoms with Crippen LogP contribution >= 0.6 is 0 Å². The molecule has 214 valence electrons. The van der Waals surface area contributed by atoms with E-state index in [2.05, 4.69) is 31.2 Å². The zero-order valence-electron chi connectivity index (χ0n) is 19.9. The maximum absolute atomic E-state index is 12.3. The first-order chi connectivity index (χ1) is 18.2. The van der Waals surface area contributed by atoms with E-state index >= 15 is 0 Å². The van der Waals surface area contributed by atoms with Crippen LogP contribution in [0.3, 0.4) is 0 Å². The summed E-state index contributed by atoms with van der Waals surface area (Å²) in [7, 11) is 0. The number of aliphatic carboxylic acids is 2. The summed E-state index contributed by atoms with van der Waals surface area (Å²) >= 11 is 0. The number of alkyl halides is 6. The molecule has 3 atom stereocenters. The maximum Gasteiger partial charge on any atom is 0.490 e. The molecule has 4 heterocycles. The molecule has 0 unspecified atom stereocenters. The van der Waals surface area contributed by atoms with Crippen LogP contribution in [-0.2, 0) is 25.7 Å². The van der Waals surface area contributed by atoms with Crippen molar-refractivity contribution in [2.24, 2.45) is 11.8 Å². The molecule has 2 aliphatic heterocycles. The van der Waals surface area contributed by atoms with Crippen LogP contribution in [0.5, 0.6) is 0 Å². The second-order valence-electron chi connectivity index (χ2n) is 8.30. The van der Waals surface area contributed by atoms with E-state index in [0.717, 1.165) is 19.6 Å². The number of hydrogen-bond donors (Lipinski definition) is 3. The molecule has 2 aliphatic rings. The molecule has 0 spiro atoms. The first kappa shape index (κ1) is 31.4. The average molecular weight is 567 g/mol. The summed E-state index contributed by atoms with van der Waals surface area (Å²) in [6.45, 7) is 3.41. The lowest BCUT2D eigenvalue weighted by molar-refractivity contribution is -0.193. The van der Waals surface area contributed by atoms with Crippen molar-refractivity contribution in [3.05, 3.63) is 48.7 Å². The van der Waals surface area contributed by atoms with Crippen LogP contribution in [0, 0.1) is 11.8 Å². The van der Waals surface area contributed by atoms with Gasteiger partial charge in [-0.3, -0.25) is 19.7 Å². The Morgan fingerprint density at radius 2 is 1.59 bits per heavy atom. The second-order valence-corrected chi connectivity index (χ2v) is 8.30. The fourth-order valence-corrected chi connectivity index (χ4v) is 3.76. The van der Waals surface area contributed by atoms with Gasteiger partial charge in [-0.1, -0.05) is 6.07 Å². The Morgan fingerprint density at radius 1 is 0.974 bits per heavy atom. The number of amides is 1. The number of nitrogens with zero attached hydrogens (tertiary/aromatic N) is 4. The number of carbonyl (C=O) groups is 3. The van der Waals surface area contributed by atoms with Crippen molar-refractivity contribution in [1.82, 2.24) is 19.9 Å². The molecule has 2 fully saturated rings. The van der Waals surface area contributed by atoms with E-state index in [0.29, 0.717) is 24.8 Å². The number of nitrogens with one attached hydrogen (secondary N) is 1. The van der Waals surface area contributed by atoms with Gasteiger partial charge in [-0.15, -0.1) is 0 Å². The number of ether oxygens (including phenoxy) is 1. The first-order valence-corrected chi connectivity index (χ1v) is 11.1. The fourth-order valence-electron chi connectivity index (χ4n) is 3.76. The van der Waals surface area contributed by atoms with E-state index in [1.807, 2.05) is 12.3 Å². The zero-order valence-corrected chi connectivity index (χ0v) is 19.9. The SMILES string of the molecule is O=C(C[C@@H]1CO[C@@H]2CN(Cc3cccnc3)C[C@H]12)Nc1cnccn1.O=C(O)C(F)(F)F.O=C(O)C(F)(F)F. The largest absolute Gasteiger partial charge is 0.490 e. The number of likely N-dealkylation sites (tertiary alicyclic amines) is 1. The summed E-state index contributed by atoms with van der Waals surface area (Å²) in [5.41, 5.74) is 1.21. The van der Waals surface area contributed by atoms with E-state index in [1.54, 1.807) is 24.8 Å². The van der Waals surface area contributed by atoms with Gasteiger partial charge in [0.15, 0.2) is 5.82 Å². The molecule has 11 nitrogen and oxygen atoms in total. The predicted molar refractivity (Wildman–Crippen MR) is 119 cm³/mol. The molecule has 2 saturated heterocycles. The lowest BCUT2D eigenvalue weighted by Gasteiger charge is -2.19. The third kappa shape index (κ3) is 10.8. The van der Waals surface area contributed by atoms with Gasteiger partial charge in [0.05, 0.1) is 18.9 Å². The van der Waals surface area contributed by atoms with Crippen LogP contribution in [0.4, 0.5) is 32.2 Å². The number of carbonyl (C=O) groups excluding carboxylic acids is 1. The van der Waals surface area contributed by atoms with Gasteiger partial charge in [-0.25, -0.2) is 14.6 Å². The Bertz CT molecular complexity index is 1070. The standard InChI is InChI=1S/C18H21N5O2.2C2HF3O2/c24-18(22-17-8-20-4-5-21-17)6-14-12-25-16-11-23(10-15(14)16)9-13-2-1-3-19-7-13;2*3-2(4,5)1(6)7/h1-5,7-8,14-16H,6,9-12H2,(H,21,22,24);2*(H,6,7)/t14-,15-,16-;;/m1../s1. The van der Waals surface area contributed by atoms with Gasteiger partial charge in [0.2, 0.25) is 5.91 Å². The average Bonchev–Trinajstić information content (AvgIpc) is 3.41. The number of carboxylic acids is 2. The molecule has 0 aromatic carbocycles. The molecule has 0 saturated carbocycles. The Balaban J connectivity index is 0.000000317. The summed E-state index contributed by atoms with van der Waals surface area (Å²) in [5.74, 6) is -4.39. The van der Waals surface area contributed by atoms with Gasteiger partial charge in [-0.2, -0.15) is 26.3 Å². The Morgan fingerprint density at radius 3 is 2.10 bits per heavy atom. The van der Waals surface area contributed by atoms with Crippen molar-refractivity contribution in [3.63, 3.8) is 0 Å². The number of halogens is 6. The molecule has 0 bridgehead atoms. The number of hydrogen-bond acceptors (Lipinski definition) is 8. The molecular formula is C22H23F6N5O6. The van der Waals surface area contributed by atoms with Gasteiger partial charge in [0.25, 0.3) is 0 Å². The van der Waals surface area contributed by atoms with Gasteiger partial charge in [-0.05, 0) is 17.5 Å². The van der Waals surface area contributed by atoms with Crippen LogP contribution in [0.25, 0.3) is 0 Å². The van der Waals surface area contributed by atoms with E-state index in [9.17, 15) is 31.1 Å². The molecule has 2 aromatic rings. The molecule has 3 N–H and O–H groups in total. The van der Waals surface area contributed by atoms with Crippen LogP contribution in [0.15, 0.2) is 43.1 Å². The molecule has 17 heteroatoms. The van der Waals surface area contributed by atoms with E-state index < -0.39 is 24.3 Å². The number of pyridine rings is 1. The van der Waals surface area contributed by atoms with Crippen LogP contribution in [-0.4, -0.2) is 86.1 Å².